The van der Waals surface area contributed by atoms with E-state index in [0.717, 1.165) is 19.3 Å². The van der Waals surface area contributed by atoms with E-state index in [9.17, 15) is 14.4 Å². The van der Waals surface area contributed by atoms with Crippen LogP contribution in [-0.2, 0) is 14.4 Å². The van der Waals surface area contributed by atoms with E-state index < -0.39 is 17.9 Å². The Morgan fingerprint density at radius 1 is 1.05 bits per heavy atom. The minimum absolute atomic E-state index is 0.176. The first-order chi connectivity index (χ1) is 10.1. The van der Waals surface area contributed by atoms with Crippen molar-refractivity contribution in [2.24, 2.45) is 0 Å². The summed E-state index contributed by atoms with van der Waals surface area (Å²) in [6, 6.07) is 0. The molecule has 0 fully saturated rings. The molecule has 0 aromatic rings. The SMILES string of the molecule is C=C(C)C(=O)O.CC=C(C)C(=O)O.CCCCC=CC(=O)O. The van der Waals surface area contributed by atoms with Crippen molar-refractivity contribution < 1.29 is 29.7 Å². The molecule has 22 heavy (non-hydrogen) atoms. The Kier molecular flexibility index (Phi) is 18.7. The lowest BCUT2D eigenvalue weighted by Crippen LogP contribution is -1.93. The lowest BCUT2D eigenvalue weighted by Gasteiger charge is -1.85. The third-order valence-electron chi connectivity index (χ3n) is 2.12. The molecule has 0 rings (SSSR count). The number of hydrogen-bond donors (Lipinski definition) is 3. The molecule has 0 radical (unpaired) electrons. The number of carboxylic acid groups (broad SMARTS) is 3. The summed E-state index contributed by atoms with van der Waals surface area (Å²) in [7, 11) is 0. The predicted molar refractivity (Wildman–Crippen MR) is 85.8 cm³/mol. The summed E-state index contributed by atoms with van der Waals surface area (Å²) in [6.07, 6.45) is 7.50. The summed E-state index contributed by atoms with van der Waals surface area (Å²) in [5, 5.41) is 24.1. The average molecular weight is 314 g/mol. The monoisotopic (exact) mass is 314 g/mol. The van der Waals surface area contributed by atoms with Crippen molar-refractivity contribution >= 4 is 17.9 Å². The molecule has 0 atom stereocenters. The standard InChI is InChI=1S/C7H12O2.C5H8O2.C4H6O2/c1-2-3-4-5-6-7(8)9;1-3-4(2)5(6)7;1-3(2)4(5)6/h5-6H,2-4H2,1H3,(H,8,9);3H,1-2H3,(H,6,7);1H2,2H3,(H,5,6). The minimum Gasteiger partial charge on any atom is -0.478 e. The van der Waals surface area contributed by atoms with Crippen LogP contribution >= 0.6 is 0 Å². The van der Waals surface area contributed by atoms with Gasteiger partial charge in [0.2, 0.25) is 0 Å². The highest BCUT2D eigenvalue weighted by molar-refractivity contribution is 5.85. The van der Waals surface area contributed by atoms with Crippen molar-refractivity contribution in [3.05, 3.63) is 36.0 Å². The highest BCUT2D eigenvalue weighted by Gasteiger charge is 1.93. The Labute approximate surface area is 131 Å². The first-order valence-corrected chi connectivity index (χ1v) is 6.74. The van der Waals surface area contributed by atoms with Crippen molar-refractivity contribution in [1.82, 2.24) is 0 Å². The molecule has 0 aliphatic heterocycles. The van der Waals surface area contributed by atoms with Gasteiger partial charge in [0.25, 0.3) is 0 Å². The smallest absolute Gasteiger partial charge is 0.330 e. The third kappa shape index (κ3) is 26.2. The Bertz CT molecular complexity index is 406. The van der Waals surface area contributed by atoms with Gasteiger partial charge in [0.05, 0.1) is 0 Å². The molecule has 0 aromatic heterocycles. The van der Waals surface area contributed by atoms with E-state index in [1.807, 2.05) is 0 Å². The molecule has 0 amide bonds. The minimum atomic E-state index is -0.935. The summed E-state index contributed by atoms with van der Waals surface area (Å²) in [4.78, 5) is 29.3. The fourth-order valence-electron chi connectivity index (χ4n) is 0.630. The molecule has 0 aliphatic rings. The van der Waals surface area contributed by atoms with Gasteiger partial charge in [0, 0.05) is 17.2 Å². The van der Waals surface area contributed by atoms with Gasteiger partial charge in [-0.05, 0) is 27.2 Å². The van der Waals surface area contributed by atoms with E-state index in [2.05, 4.69) is 13.5 Å². The van der Waals surface area contributed by atoms with Gasteiger partial charge in [-0.2, -0.15) is 0 Å². The van der Waals surface area contributed by atoms with Gasteiger partial charge in [-0.15, -0.1) is 0 Å². The van der Waals surface area contributed by atoms with Crippen LogP contribution in [0, 0.1) is 0 Å². The number of carbonyl (C=O) groups is 3. The van der Waals surface area contributed by atoms with Crippen molar-refractivity contribution in [3.63, 3.8) is 0 Å². The van der Waals surface area contributed by atoms with Gasteiger partial charge in [0.1, 0.15) is 0 Å². The molecule has 0 heterocycles. The highest BCUT2D eigenvalue weighted by atomic mass is 16.4. The Morgan fingerprint density at radius 3 is 1.68 bits per heavy atom. The summed E-state index contributed by atoms with van der Waals surface area (Å²) < 4.78 is 0. The van der Waals surface area contributed by atoms with E-state index in [0.29, 0.717) is 5.57 Å². The second kappa shape index (κ2) is 16.7. The van der Waals surface area contributed by atoms with Crippen LogP contribution in [0.3, 0.4) is 0 Å². The van der Waals surface area contributed by atoms with Gasteiger partial charge in [-0.25, -0.2) is 14.4 Å². The zero-order valence-electron chi connectivity index (χ0n) is 13.6. The van der Waals surface area contributed by atoms with E-state index in [1.54, 1.807) is 26.0 Å². The number of unbranched alkanes of at least 4 members (excludes halogenated alkanes) is 2. The topological polar surface area (TPSA) is 112 Å². The number of hydrogen-bond acceptors (Lipinski definition) is 3. The van der Waals surface area contributed by atoms with Gasteiger partial charge in [-0.3, -0.25) is 0 Å². The van der Waals surface area contributed by atoms with Crippen molar-refractivity contribution in [1.29, 1.82) is 0 Å². The molecule has 0 aromatic carbocycles. The van der Waals surface area contributed by atoms with Crippen LogP contribution in [-0.4, -0.2) is 33.2 Å². The van der Waals surface area contributed by atoms with Gasteiger partial charge >= 0.3 is 17.9 Å². The molecular formula is C16H26O6. The molecule has 6 heteroatoms. The lowest BCUT2D eigenvalue weighted by molar-refractivity contribution is -0.133. The maximum atomic E-state index is 9.88. The third-order valence-corrected chi connectivity index (χ3v) is 2.12. The molecule has 0 saturated carbocycles. The summed E-state index contributed by atoms with van der Waals surface area (Å²) >= 11 is 0. The Morgan fingerprint density at radius 2 is 1.50 bits per heavy atom. The van der Waals surface area contributed by atoms with Crippen LogP contribution in [0.4, 0.5) is 0 Å². The Balaban J connectivity index is -0.000000252. The second-order valence-corrected chi connectivity index (χ2v) is 4.25. The van der Waals surface area contributed by atoms with Gasteiger partial charge < -0.3 is 15.3 Å². The highest BCUT2D eigenvalue weighted by Crippen LogP contribution is 1.93. The quantitative estimate of drug-likeness (QED) is 0.511. The summed E-state index contributed by atoms with van der Waals surface area (Å²) in [5.41, 5.74) is 0.565. The van der Waals surface area contributed by atoms with Crippen molar-refractivity contribution in [3.8, 4) is 0 Å². The first-order valence-electron chi connectivity index (χ1n) is 6.74. The fourth-order valence-corrected chi connectivity index (χ4v) is 0.630. The van der Waals surface area contributed by atoms with Crippen LogP contribution < -0.4 is 0 Å². The zero-order chi connectivity index (χ0) is 18.1. The van der Waals surface area contributed by atoms with Crippen LogP contribution in [0.1, 0.15) is 47.0 Å². The molecule has 3 N–H and O–H groups in total. The largest absolute Gasteiger partial charge is 0.478 e. The fraction of sp³-hybridized carbons (Fsp3) is 0.438. The van der Waals surface area contributed by atoms with Gasteiger partial charge in [-0.1, -0.05) is 38.5 Å². The molecule has 0 spiro atoms. The first kappa shape index (κ1) is 24.6. The number of aliphatic carboxylic acids is 3. The second-order valence-electron chi connectivity index (χ2n) is 4.25. The Hall–Kier alpha value is -2.37. The lowest BCUT2D eigenvalue weighted by atomic mass is 10.2. The maximum absolute atomic E-state index is 9.88. The van der Waals surface area contributed by atoms with Crippen LogP contribution in [0.2, 0.25) is 0 Å². The molecule has 0 aliphatic carbocycles. The average Bonchev–Trinajstić information content (AvgIpc) is 2.43. The van der Waals surface area contributed by atoms with Crippen LogP contribution in [0.15, 0.2) is 36.0 Å². The molecular weight excluding hydrogens is 288 g/mol. The zero-order valence-corrected chi connectivity index (χ0v) is 13.6. The molecule has 0 saturated heterocycles. The van der Waals surface area contributed by atoms with E-state index in [-0.39, 0.29) is 5.57 Å². The van der Waals surface area contributed by atoms with E-state index >= 15 is 0 Å². The molecule has 0 bridgehead atoms. The number of rotatable bonds is 6. The van der Waals surface area contributed by atoms with Crippen molar-refractivity contribution in [2.75, 3.05) is 0 Å². The molecule has 6 nitrogen and oxygen atoms in total. The van der Waals surface area contributed by atoms with Crippen LogP contribution in [0.5, 0.6) is 0 Å². The van der Waals surface area contributed by atoms with Crippen LogP contribution in [0.25, 0.3) is 0 Å². The number of carboxylic acids is 3. The van der Waals surface area contributed by atoms with Gasteiger partial charge in [0.15, 0.2) is 0 Å². The summed E-state index contributed by atoms with van der Waals surface area (Å²) in [6.45, 7) is 9.94. The molecule has 126 valence electrons. The number of allylic oxidation sites excluding steroid dienone is 2. The molecule has 0 unspecified atom stereocenters. The van der Waals surface area contributed by atoms with Crippen molar-refractivity contribution in [2.45, 2.75) is 47.0 Å². The summed E-state index contributed by atoms with van der Waals surface area (Å²) in [5.74, 6) is -2.64. The normalized spacial score (nSPS) is 9.91. The predicted octanol–water partition coefficient (Wildman–Crippen LogP) is 3.50. The maximum Gasteiger partial charge on any atom is 0.330 e. The van der Waals surface area contributed by atoms with E-state index in [1.165, 1.54) is 13.0 Å². The van der Waals surface area contributed by atoms with E-state index in [4.69, 9.17) is 15.3 Å².